The molecule has 0 bridgehead atoms. The van der Waals surface area contributed by atoms with Crippen LogP contribution in [-0.4, -0.2) is 38.0 Å². The predicted octanol–water partition coefficient (Wildman–Crippen LogP) is 2.14. The summed E-state index contributed by atoms with van der Waals surface area (Å²) in [4.78, 5) is 13.5. The van der Waals surface area contributed by atoms with Gasteiger partial charge in [0.2, 0.25) is 0 Å². The molecule has 0 radical (unpaired) electrons. The summed E-state index contributed by atoms with van der Waals surface area (Å²) in [7, 11) is 3.53. The third-order valence-corrected chi connectivity index (χ3v) is 3.14. The van der Waals surface area contributed by atoms with Crippen LogP contribution in [0.2, 0.25) is 0 Å². The highest BCUT2D eigenvalue weighted by Crippen LogP contribution is 2.15. The number of nitrogens with zero attached hydrogens (tertiary/aromatic N) is 1. The van der Waals surface area contributed by atoms with Crippen molar-refractivity contribution in [1.29, 1.82) is 0 Å². The molecule has 17 heavy (non-hydrogen) atoms. The molecule has 0 saturated carbocycles. The minimum Gasteiger partial charge on any atom is -0.340 e. The SMILES string of the molecule is CNCCN(C)C(=O)c1cc(F)ccc1I.Cl. The Hall–Kier alpha value is -0.400. The molecule has 1 aromatic rings. The average Bonchev–Trinajstić information content (AvgIpc) is 2.28. The van der Waals surface area contributed by atoms with E-state index >= 15 is 0 Å². The van der Waals surface area contributed by atoms with E-state index < -0.39 is 0 Å². The normalized spacial score (nSPS) is 9.65. The number of benzene rings is 1. The van der Waals surface area contributed by atoms with Gasteiger partial charge in [-0.3, -0.25) is 4.79 Å². The molecule has 1 amide bonds. The third kappa shape index (κ3) is 4.77. The first-order valence-electron chi connectivity index (χ1n) is 4.91. The van der Waals surface area contributed by atoms with Crippen LogP contribution in [0.5, 0.6) is 0 Å². The van der Waals surface area contributed by atoms with Crippen molar-refractivity contribution in [1.82, 2.24) is 10.2 Å². The van der Waals surface area contributed by atoms with Crippen molar-refractivity contribution in [3.63, 3.8) is 0 Å². The van der Waals surface area contributed by atoms with E-state index in [1.165, 1.54) is 12.1 Å². The topological polar surface area (TPSA) is 32.3 Å². The number of rotatable bonds is 4. The van der Waals surface area contributed by atoms with Crippen molar-refractivity contribution in [2.75, 3.05) is 27.2 Å². The minimum atomic E-state index is -0.384. The highest BCUT2D eigenvalue weighted by atomic mass is 127. The molecule has 1 N–H and O–H groups in total. The van der Waals surface area contributed by atoms with Crippen molar-refractivity contribution in [2.45, 2.75) is 0 Å². The van der Waals surface area contributed by atoms with Gasteiger partial charge in [0, 0.05) is 23.7 Å². The second-order valence-electron chi connectivity index (χ2n) is 3.45. The Balaban J connectivity index is 0.00000256. The van der Waals surface area contributed by atoms with Gasteiger partial charge in [0.1, 0.15) is 5.82 Å². The minimum absolute atomic E-state index is 0. The van der Waals surface area contributed by atoms with E-state index in [1.54, 1.807) is 18.0 Å². The van der Waals surface area contributed by atoms with Gasteiger partial charge in [0.05, 0.1) is 5.56 Å². The van der Waals surface area contributed by atoms with E-state index in [0.29, 0.717) is 18.7 Å². The summed E-state index contributed by atoms with van der Waals surface area (Å²) in [5, 5.41) is 2.96. The number of hydrogen-bond acceptors (Lipinski definition) is 2. The quantitative estimate of drug-likeness (QED) is 0.822. The largest absolute Gasteiger partial charge is 0.340 e. The maximum atomic E-state index is 13.0. The lowest BCUT2D eigenvalue weighted by Gasteiger charge is -2.17. The zero-order valence-corrected chi connectivity index (χ0v) is 12.6. The van der Waals surface area contributed by atoms with Gasteiger partial charge in [-0.05, 0) is 47.8 Å². The van der Waals surface area contributed by atoms with Crippen LogP contribution in [0.4, 0.5) is 4.39 Å². The van der Waals surface area contributed by atoms with E-state index in [-0.39, 0.29) is 24.1 Å². The maximum absolute atomic E-state index is 13.0. The van der Waals surface area contributed by atoms with Gasteiger partial charge in [0.15, 0.2) is 0 Å². The van der Waals surface area contributed by atoms with E-state index in [4.69, 9.17) is 0 Å². The number of halogens is 3. The van der Waals surface area contributed by atoms with Crippen LogP contribution in [0, 0.1) is 9.39 Å². The number of carbonyl (C=O) groups excluding carboxylic acids is 1. The van der Waals surface area contributed by atoms with Crippen molar-refractivity contribution in [3.8, 4) is 0 Å². The lowest BCUT2D eigenvalue weighted by molar-refractivity contribution is 0.0795. The Labute approximate surface area is 120 Å². The molecule has 0 fully saturated rings. The number of likely N-dealkylation sites (N-methyl/N-ethyl adjacent to an activating group) is 2. The average molecular weight is 373 g/mol. The number of amides is 1. The highest BCUT2D eigenvalue weighted by molar-refractivity contribution is 14.1. The van der Waals surface area contributed by atoms with E-state index in [1.807, 2.05) is 29.6 Å². The first kappa shape index (κ1) is 16.6. The van der Waals surface area contributed by atoms with Gasteiger partial charge in [-0.15, -0.1) is 12.4 Å². The maximum Gasteiger partial charge on any atom is 0.254 e. The highest BCUT2D eigenvalue weighted by Gasteiger charge is 2.14. The first-order chi connectivity index (χ1) is 7.56. The number of carbonyl (C=O) groups is 1. The monoisotopic (exact) mass is 372 g/mol. The van der Waals surface area contributed by atoms with E-state index in [2.05, 4.69) is 5.32 Å². The van der Waals surface area contributed by atoms with Crippen molar-refractivity contribution in [3.05, 3.63) is 33.1 Å². The summed E-state index contributed by atoms with van der Waals surface area (Å²) in [6.07, 6.45) is 0. The zero-order valence-electron chi connectivity index (χ0n) is 9.67. The Kier molecular flexibility index (Phi) is 7.65. The molecule has 6 heteroatoms. The smallest absolute Gasteiger partial charge is 0.254 e. The van der Waals surface area contributed by atoms with Crippen LogP contribution < -0.4 is 5.32 Å². The zero-order chi connectivity index (χ0) is 12.1. The van der Waals surface area contributed by atoms with Gasteiger partial charge in [-0.1, -0.05) is 0 Å². The molecule has 0 saturated heterocycles. The summed E-state index contributed by atoms with van der Waals surface area (Å²) >= 11 is 2.03. The fourth-order valence-corrected chi connectivity index (χ4v) is 1.81. The fourth-order valence-electron chi connectivity index (χ4n) is 1.25. The van der Waals surface area contributed by atoms with Crippen molar-refractivity contribution < 1.29 is 9.18 Å². The molecular formula is C11H15ClFIN2O. The van der Waals surface area contributed by atoms with Gasteiger partial charge >= 0.3 is 0 Å². The summed E-state index contributed by atoms with van der Waals surface area (Å²) in [6, 6.07) is 4.24. The summed E-state index contributed by atoms with van der Waals surface area (Å²) < 4.78 is 13.8. The molecule has 0 aromatic heterocycles. The molecule has 1 aromatic carbocycles. The molecule has 0 spiro atoms. The molecule has 0 unspecified atom stereocenters. The molecule has 0 atom stereocenters. The molecule has 3 nitrogen and oxygen atoms in total. The van der Waals surface area contributed by atoms with E-state index in [9.17, 15) is 9.18 Å². The Morgan fingerprint density at radius 2 is 2.18 bits per heavy atom. The molecule has 0 aliphatic rings. The Morgan fingerprint density at radius 1 is 1.53 bits per heavy atom. The van der Waals surface area contributed by atoms with Crippen LogP contribution in [0.1, 0.15) is 10.4 Å². The van der Waals surface area contributed by atoms with Gasteiger partial charge in [-0.25, -0.2) is 4.39 Å². The Morgan fingerprint density at radius 3 is 2.76 bits per heavy atom. The lowest BCUT2D eigenvalue weighted by Crippen LogP contribution is -2.33. The number of hydrogen-bond donors (Lipinski definition) is 1. The molecule has 0 heterocycles. The summed E-state index contributed by atoms with van der Waals surface area (Å²) in [5.74, 6) is -0.537. The standard InChI is InChI=1S/C11H14FIN2O.ClH/c1-14-5-6-15(2)11(16)9-7-8(12)3-4-10(9)13;/h3-4,7,14H,5-6H2,1-2H3;1H. The van der Waals surface area contributed by atoms with Crippen molar-refractivity contribution >= 4 is 40.9 Å². The Bertz CT molecular complexity index is 390. The second kappa shape index (κ2) is 7.84. The summed E-state index contributed by atoms with van der Waals surface area (Å²) in [6.45, 7) is 1.32. The predicted molar refractivity (Wildman–Crippen MR) is 77.3 cm³/mol. The lowest BCUT2D eigenvalue weighted by atomic mass is 10.2. The van der Waals surface area contributed by atoms with Gasteiger partial charge in [-0.2, -0.15) is 0 Å². The molecule has 0 aliphatic carbocycles. The molecule has 1 rings (SSSR count). The van der Waals surface area contributed by atoms with Crippen molar-refractivity contribution in [2.24, 2.45) is 0 Å². The molecule has 0 aliphatic heterocycles. The van der Waals surface area contributed by atoms with Crippen LogP contribution in [0.3, 0.4) is 0 Å². The van der Waals surface area contributed by atoms with Gasteiger partial charge in [0.25, 0.3) is 5.91 Å². The van der Waals surface area contributed by atoms with Gasteiger partial charge < -0.3 is 10.2 Å². The third-order valence-electron chi connectivity index (χ3n) is 2.20. The second-order valence-corrected chi connectivity index (χ2v) is 4.62. The molecular weight excluding hydrogens is 357 g/mol. The van der Waals surface area contributed by atoms with Crippen LogP contribution in [0.25, 0.3) is 0 Å². The van der Waals surface area contributed by atoms with E-state index in [0.717, 1.165) is 3.57 Å². The first-order valence-corrected chi connectivity index (χ1v) is 5.99. The van der Waals surface area contributed by atoms with Crippen LogP contribution in [0.15, 0.2) is 18.2 Å². The number of nitrogens with one attached hydrogen (secondary N) is 1. The van der Waals surface area contributed by atoms with Crippen LogP contribution in [-0.2, 0) is 0 Å². The molecule has 96 valence electrons. The van der Waals surface area contributed by atoms with Crippen LogP contribution >= 0.6 is 35.0 Å². The fraction of sp³-hybridized carbons (Fsp3) is 0.364. The summed E-state index contributed by atoms with van der Waals surface area (Å²) in [5.41, 5.74) is 0.416.